The van der Waals surface area contributed by atoms with Crippen LogP contribution in [0.3, 0.4) is 0 Å². The molecule has 2 aromatic carbocycles. The minimum absolute atomic E-state index is 0.147. The highest BCUT2D eigenvalue weighted by Crippen LogP contribution is 2.39. The molecule has 28 heavy (non-hydrogen) atoms. The van der Waals surface area contributed by atoms with Gasteiger partial charge < -0.3 is 14.6 Å². The van der Waals surface area contributed by atoms with Crippen LogP contribution in [0.4, 0.5) is 0 Å². The molecule has 1 aliphatic heterocycles. The second-order valence-electron chi connectivity index (χ2n) is 7.40. The van der Waals surface area contributed by atoms with Crippen molar-refractivity contribution in [2.24, 2.45) is 0 Å². The molecule has 0 spiro atoms. The van der Waals surface area contributed by atoms with E-state index in [1.54, 1.807) is 7.11 Å². The predicted octanol–water partition coefficient (Wildman–Crippen LogP) is 4.35. The largest absolute Gasteiger partial charge is 0.493 e. The van der Waals surface area contributed by atoms with Crippen molar-refractivity contribution in [2.75, 3.05) is 20.3 Å². The average molecular weight is 383 g/mol. The Morgan fingerprint density at radius 2 is 1.86 bits per heavy atom. The predicted molar refractivity (Wildman–Crippen MR) is 109 cm³/mol. The molecule has 0 saturated carbocycles. The third kappa shape index (κ3) is 4.14. The molecule has 2 aromatic rings. The van der Waals surface area contributed by atoms with Gasteiger partial charge in [0.2, 0.25) is 0 Å². The number of hydrogen-bond donors (Lipinski definition) is 1. The van der Waals surface area contributed by atoms with Crippen LogP contribution in [0.25, 0.3) is 0 Å². The highest BCUT2D eigenvalue weighted by molar-refractivity contribution is 5.74. The SMILES string of the molecule is CCOc1ccc(C(c2cc(C)cc(C)c2)N2CCCC2C(=O)O)cc1OC. The first-order valence-corrected chi connectivity index (χ1v) is 9.82. The smallest absolute Gasteiger partial charge is 0.320 e. The fourth-order valence-corrected chi connectivity index (χ4v) is 4.24. The molecule has 5 heteroatoms. The minimum atomic E-state index is -0.759. The Bertz CT molecular complexity index is 828. The Balaban J connectivity index is 2.12. The highest BCUT2D eigenvalue weighted by atomic mass is 16.5. The zero-order valence-corrected chi connectivity index (χ0v) is 17.1. The second-order valence-corrected chi connectivity index (χ2v) is 7.40. The highest BCUT2D eigenvalue weighted by Gasteiger charge is 2.37. The van der Waals surface area contributed by atoms with E-state index >= 15 is 0 Å². The fraction of sp³-hybridized carbons (Fsp3) is 0.435. The van der Waals surface area contributed by atoms with E-state index in [2.05, 4.69) is 36.9 Å². The second kappa shape index (κ2) is 8.65. The lowest BCUT2D eigenvalue weighted by Crippen LogP contribution is -2.39. The number of carboxylic acids is 1. The van der Waals surface area contributed by atoms with Gasteiger partial charge in [-0.3, -0.25) is 9.69 Å². The first-order valence-electron chi connectivity index (χ1n) is 9.82. The topological polar surface area (TPSA) is 59.0 Å². The fourth-order valence-electron chi connectivity index (χ4n) is 4.24. The monoisotopic (exact) mass is 383 g/mol. The first kappa shape index (κ1) is 20.2. The van der Waals surface area contributed by atoms with Gasteiger partial charge in [-0.1, -0.05) is 35.4 Å². The maximum Gasteiger partial charge on any atom is 0.320 e. The molecule has 1 saturated heterocycles. The first-order chi connectivity index (χ1) is 13.4. The standard InChI is InChI=1S/C23H29NO4/c1-5-28-20-9-8-17(14-21(20)27-4)22(18-12-15(2)11-16(3)13-18)24-10-6-7-19(24)23(25)26/h8-9,11-14,19,22H,5-7,10H2,1-4H3,(H,25,26). The Morgan fingerprint density at radius 3 is 2.46 bits per heavy atom. The van der Waals surface area contributed by atoms with Gasteiger partial charge in [0.1, 0.15) is 6.04 Å². The zero-order chi connectivity index (χ0) is 20.3. The normalized spacial score (nSPS) is 18.1. The summed E-state index contributed by atoms with van der Waals surface area (Å²) in [4.78, 5) is 14.0. The number of nitrogens with zero attached hydrogens (tertiary/aromatic N) is 1. The lowest BCUT2D eigenvalue weighted by Gasteiger charge is -2.32. The van der Waals surface area contributed by atoms with Crippen LogP contribution in [0.2, 0.25) is 0 Å². The van der Waals surface area contributed by atoms with E-state index in [0.717, 1.165) is 24.1 Å². The summed E-state index contributed by atoms with van der Waals surface area (Å²) in [5.41, 5.74) is 4.46. The van der Waals surface area contributed by atoms with Crippen molar-refractivity contribution in [2.45, 2.75) is 45.7 Å². The number of benzene rings is 2. The Labute approximate surface area is 166 Å². The van der Waals surface area contributed by atoms with Crippen molar-refractivity contribution < 1.29 is 19.4 Å². The number of aryl methyl sites for hydroxylation is 2. The Kier molecular flexibility index (Phi) is 6.25. The molecule has 1 heterocycles. The van der Waals surface area contributed by atoms with Gasteiger partial charge in [-0.05, 0) is 56.9 Å². The molecule has 1 aliphatic rings. The van der Waals surface area contributed by atoms with Gasteiger partial charge in [0.25, 0.3) is 0 Å². The molecule has 0 radical (unpaired) electrons. The van der Waals surface area contributed by atoms with Gasteiger partial charge in [-0.15, -0.1) is 0 Å². The van der Waals surface area contributed by atoms with Gasteiger partial charge >= 0.3 is 5.97 Å². The molecular weight excluding hydrogens is 354 g/mol. The average Bonchev–Trinajstić information content (AvgIpc) is 3.12. The molecule has 2 atom stereocenters. The van der Waals surface area contributed by atoms with Crippen LogP contribution in [-0.4, -0.2) is 42.3 Å². The molecule has 1 fully saturated rings. The summed E-state index contributed by atoms with van der Waals surface area (Å²) in [5.74, 6) is 0.605. The number of likely N-dealkylation sites (tertiary alicyclic amines) is 1. The van der Waals surface area contributed by atoms with Crippen molar-refractivity contribution in [1.82, 2.24) is 4.90 Å². The molecule has 5 nitrogen and oxygen atoms in total. The number of hydrogen-bond acceptors (Lipinski definition) is 4. The van der Waals surface area contributed by atoms with Crippen LogP contribution >= 0.6 is 0 Å². The van der Waals surface area contributed by atoms with Crippen molar-refractivity contribution in [3.63, 3.8) is 0 Å². The molecule has 3 rings (SSSR count). The van der Waals surface area contributed by atoms with E-state index in [1.807, 2.05) is 25.1 Å². The number of carbonyl (C=O) groups is 1. The van der Waals surface area contributed by atoms with Gasteiger partial charge in [-0.25, -0.2) is 0 Å². The van der Waals surface area contributed by atoms with E-state index in [0.29, 0.717) is 24.5 Å². The number of methoxy groups -OCH3 is 1. The van der Waals surface area contributed by atoms with Gasteiger partial charge in [0.15, 0.2) is 11.5 Å². The summed E-state index contributed by atoms with van der Waals surface area (Å²) in [6, 6.07) is 11.7. The molecule has 0 aromatic heterocycles. The van der Waals surface area contributed by atoms with Crippen molar-refractivity contribution in [3.05, 3.63) is 58.7 Å². The zero-order valence-electron chi connectivity index (χ0n) is 17.1. The molecule has 2 unspecified atom stereocenters. The maximum absolute atomic E-state index is 11.9. The van der Waals surface area contributed by atoms with Crippen molar-refractivity contribution in [1.29, 1.82) is 0 Å². The molecule has 150 valence electrons. The summed E-state index contributed by atoms with van der Waals surface area (Å²) >= 11 is 0. The van der Waals surface area contributed by atoms with Crippen LogP contribution < -0.4 is 9.47 Å². The van der Waals surface area contributed by atoms with Gasteiger partial charge in [0, 0.05) is 6.54 Å². The van der Waals surface area contributed by atoms with E-state index < -0.39 is 12.0 Å². The summed E-state index contributed by atoms with van der Waals surface area (Å²) in [6.45, 7) is 7.40. The van der Waals surface area contributed by atoms with E-state index in [-0.39, 0.29) is 6.04 Å². The van der Waals surface area contributed by atoms with Crippen LogP contribution in [0.5, 0.6) is 11.5 Å². The lowest BCUT2D eigenvalue weighted by molar-refractivity contribution is -0.142. The van der Waals surface area contributed by atoms with Crippen LogP contribution in [0.1, 0.15) is 48.1 Å². The molecule has 1 N–H and O–H groups in total. The third-order valence-corrected chi connectivity index (χ3v) is 5.27. The van der Waals surface area contributed by atoms with Crippen LogP contribution in [-0.2, 0) is 4.79 Å². The number of rotatable bonds is 7. The summed E-state index contributed by atoms with van der Waals surface area (Å²) in [5, 5.41) is 9.76. The quantitative estimate of drug-likeness (QED) is 0.770. The molecule has 0 amide bonds. The minimum Gasteiger partial charge on any atom is -0.493 e. The van der Waals surface area contributed by atoms with Crippen molar-refractivity contribution in [3.8, 4) is 11.5 Å². The Morgan fingerprint density at radius 1 is 1.14 bits per heavy atom. The van der Waals surface area contributed by atoms with Crippen molar-refractivity contribution >= 4 is 5.97 Å². The third-order valence-electron chi connectivity index (χ3n) is 5.27. The molecule has 0 aliphatic carbocycles. The number of ether oxygens (including phenoxy) is 2. The molecular formula is C23H29NO4. The van der Waals surface area contributed by atoms with E-state index in [1.165, 1.54) is 11.1 Å². The van der Waals surface area contributed by atoms with Crippen LogP contribution in [0.15, 0.2) is 36.4 Å². The summed E-state index contributed by atoms with van der Waals surface area (Å²) < 4.78 is 11.2. The van der Waals surface area contributed by atoms with Gasteiger partial charge in [-0.2, -0.15) is 0 Å². The summed E-state index contributed by atoms with van der Waals surface area (Å²) in [6.07, 6.45) is 1.55. The molecule has 0 bridgehead atoms. The van der Waals surface area contributed by atoms with E-state index in [4.69, 9.17) is 9.47 Å². The maximum atomic E-state index is 11.9. The number of aliphatic carboxylic acids is 1. The van der Waals surface area contributed by atoms with E-state index in [9.17, 15) is 9.90 Å². The summed E-state index contributed by atoms with van der Waals surface area (Å²) in [7, 11) is 1.63. The van der Waals surface area contributed by atoms with Crippen LogP contribution in [0, 0.1) is 13.8 Å². The number of carboxylic acid groups (broad SMARTS) is 1. The lowest BCUT2D eigenvalue weighted by atomic mass is 9.93. The Hall–Kier alpha value is -2.53. The van der Waals surface area contributed by atoms with Gasteiger partial charge in [0.05, 0.1) is 19.8 Å².